The number of nitrogens with one attached hydrogen (secondary N) is 1. The molecule has 7 heteroatoms. The number of pyridine rings is 2. The van der Waals surface area contributed by atoms with Crippen LogP contribution in [0.1, 0.15) is 5.69 Å². The summed E-state index contributed by atoms with van der Waals surface area (Å²) in [6.45, 7) is 1.62. The number of hydrogen-bond donors (Lipinski definition) is 1. The van der Waals surface area contributed by atoms with Gasteiger partial charge in [-0.3, -0.25) is 4.98 Å². The van der Waals surface area contributed by atoms with E-state index in [-0.39, 0.29) is 20.1 Å². The van der Waals surface area contributed by atoms with Crippen molar-refractivity contribution in [3.8, 4) is 23.4 Å². The molecule has 0 unspecified atom stereocenters. The van der Waals surface area contributed by atoms with Gasteiger partial charge in [0.2, 0.25) is 0 Å². The average molecular weight is 542 g/mol. The number of anilines is 1. The fraction of sp³-hybridized carbons (Fsp3) is 0. The van der Waals surface area contributed by atoms with Gasteiger partial charge in [-0.25, -0.2) is 6.07 Å². The van der Waals surface area contributed by atoms with Crippen molar-refractivity contribution in [1.29, 1.82) is 10.5 Å². The first-order valence-corrected chi connectivity index (χ1v) is 7.96. The molecule has 1 aliphatic heterocycles. The van der Waals surface area contributed by atoms with Gasteiger partial charge in [-0.05, 0) is 11.8 Å². The van der Waals surface area contributed by atoms with Gasteiger partial charge in [-0.15, -0.1) is 35.9 Å². The van der Waals surface area contributed by atoms with E-state index < -0.39 is 0 Å². The summed E-state index contributed by atoms with van der Waals surface area (Å²) >= 11 is 0. The van der Waals surface area contributed by atoms with Crippen LogP contribution < -0.4 is 10.2 Å². The first kappa shape index (κ1) is 20.8. The molecule has 1 aliphatic rings. The summed E-state index contributed by atoms with van der Waals surface area (Å²) in [5.74, 6) is 0. The van der Waals surface area contributed by atoms with E-state index in [1.165, 1.54) is 6.20 Å². The zero-order chi connectivity index (χ0) is 18.9. The molecule has 0 radical (unpaired) electrons. The minimum Gasteiger partial charge on any atom is -0.509 e. The van der Waals surface area contributed by atoms with Crippen molar-refractivity contribution in [2.45, 2.75) is 0 Å². The molecule has 4 rings (SSSR count). The van der Waals surface area contributed by atoms with E-state index in [2.05, 4.69) is 27.4 Å². The third-order valence-electron chi connectivity index (χ3n) is 3.48. The topological polar surface area (TPSA) is 88.6 Å². The maximum Gasteiger partial charge on any atom is 3.00 e. The molecule has 0 aliphatic carbocycles. The first-order chi connectivity index (χ1) is 13.3. The number of hydrogen-bond acceptors (Lipinski definition) is 6. The van der Waals surface area contributed by atoms with Crippen LogP contribution in [0.15, 0.2) is 72.8 Å². The van der Waals surface area contributed by atoms with E-state index in [4.69, 9.17) is 10.5 Å². The van der Waals surface area contributed by atoms with Gasteiger partial charge >= 0.3 is 20.1 Å². The molecule has 3 heterocycles. The second-order valence-corrected chi connectivity index (χ2v) is 5.26. The normalized spacial score (nSPS) is 11.5. The SMILES string of the molecule is N#CC1=CN(c2[c-]cnc(C#N)c2)[CH-]N1.[Ir+3].[c-]1ccccc1-c1ccccn1. The largest absolute Gasteiger partial charge is 3.00 e. The van der Waals surface area contributed by atoms with Crippen LogP contribution in [0.4, 0.5) is 5.69 Å². The van der Waals surface area contributed by atoms with Crippen molar-refractivity contribution < 1.29 is 20.1 Å². The standard InChI is InChI=1S/C11H8N.C10H5N5.Ir/c1-2-6-10(7-3-1)11-8-4-5-9-12-11;11-4-8-3-10(1-2-13-8)15-6-9(5-12)14-7-15;/h1-6,8-9H;2-3,6-7,14H;/q-1;-2;+3. The molecule has 0 atom stereocenters. The summed E-state index contributed by atoms with van der Waals surface area (Å²) in [4.78, 5) is 9.69. The smallest absolute Gasteiger partial charge is 0.509 e. The van der Waals surface area contributed by atoms with Crippen LogP contribution in [-0.2, 0) is 20.1 Å². The molecular formula is C21H13IrN6. The number of nitrogens with zero attached hydrogens (tertiary/aromatic N) is 5. The van der Waals surface area contributed by atoms with Crippen molar-refractivity contribution >= 4 is 5.69 Å². The summed E-state index contributed by atoms with van der Waals surface area (Å²) in [6.07, 6.45) is 4.84. The number of allylic oxidation sites excluding steroid dienone is 1. The second-order valence-electron chi connectivity index (χ2n) is 5.26. The van der Waals surface area contributed by atoms with Crippen molar-refractivity contribution in [3.63, 3.8) is 0 Å². The van der Waals surface area contributed by atoms with Gasteiger partial charge in [0.05, 0.1) is 17.5 Å². The third-order valence-corrected chi connectivity index (χ3v) is 3.48. The summed E-state index contributed by atoms with van der Waals surface area (Å²) in [6, 6.07) is 25.2. The zero-order valence-electron chi connectivity index (χ0n) is 14.5. The fourth-order valence-electron chi connectivity index (χ4n) is 2.21. The van der Waals surface area contributed by atoms with Crippen molar-refractivity contribution in [2.75, 3.05) is 4.90 Å². The molecule has 0 spiro atoms. The predicted octanol–water partition coefficient (Wildman–Crippen LogP) is 3.19. The van der Waals surface area contributed by atoms with Crippen LogP contribution in [0, 0.1) is 41.5 Å². The van der Waals surface area contributed by atoms with E-state index in [0.717, 1.165) is 11.3 Å². The van der Waals surface area contributed by atoms with Crippen LogP contribution in [0.3, 0.4) is 0 Å². The van der Waals surface area contributed by atoms with Crippen molar-refractivity contribution in [1.82, 2.24) is 15.3 Å². The zero-order valence-corrected chi connectivity index (χ0v) is 16.9. The monoisotopic (exact) mass is 542 g/mol. The fourth-order valence-corrected chi connectivity index (χ4v) is 2.21. The quantitative estimate of drug-likeness (QED) is 0.502. The summed E-state index contributed by atoms with van der Waals surface area (Å²) in [5, 5.41) is 20.1. The Morgan fingerprint density at radius 3 is 2.54 bits per heavy atom. The van der Waals surface area contributed by atoms with Gasteiger partial charge in [0.25, 0.3) is 0 Å². The maximum atomic E-state index is 8.66. The molecule has 6 nitrogen and oxygen atoms in total. The van der Waals surface area contributed by atoms with Gasteiger partial charge in [-0.1, -0.05) is 18.3 Å². The number of rotatable bonds is 2. The second kappa shape index (κ2) is 10.6. The molecule has 0 bridgehead atoms. The minimum atomic E-state index is 0. The first-order valence-electron chi connectivity index (χ1n) is 7.96. The molecule has 0 saturated heterocycles. The van der Waals surface area contributed by atoms with Crippen molar-refractivity contribution in [3.05, 3.63) is 97.3 Å². The van der Waals surface area contributed by atoms with Crippen molar-refractivity contribution in [2.24, 2.45) is 0 Å². The molecule has 0 fully saturated rings. The molecule has 0 amide bonds. The Morgan fingerprint density at radius 1 is 1.04 bits per heavy atom. The summed E-state index contributed by atoms with van der Waals surface area (Å²) in [5.41, 5.74) is 3.44. The van der Waals surface area contributed by atoms with Gasteiger partial charge in [0.15, 0.2) is 0 Å². The Hall–Kier alpha value is -3.51. The molecule has 3 aromatic rings. The Kier molecular flexibility index (Phi) is 7.87. The van der Waals surface area contributed by atoms with Gasteiger partial charge in [0.1, 0.15) is 6.07 Å². The Balaban J connectivity index is 0.000000198. The van der Waals surface area contributed by atoms with Crippen LogP contribution in [-0.4, -0.2) is 9.97 Å². The molecule has 1 N–H and O–H groups in total. The maximum absolute atomic E-state index is 8.66. The Morgan fingerprint density at radius 2 is 1.89 bits per heavy atom. The summed E-state index contributed by atoms with van der Waals surface area (Å²) in [7, 11) is 0. The molecular weight excluding hydrogens is 528 g/mol. The molecule has 1 aromatic carbocycles. The van der Waals surface area contributed by atoms with E-state index in [9.17, 15) is 0 Å². The molecule has 0 saturated carbocycles. The Bertz CT molecular complexity index is 969. The average Bonchev–Trinajstić information content (AvgIpc) is 3.25. The van der Waals surface area contributed by atoms with Crippen LogP contribution in [0.5, 0.6) is 0 Å². The van der Waals surface area contributed by atoms with E-state index in [0.29, 0.717) is 17.1 Å². The van der Waals surface area contributed by atoms with E-state index in [1.54, 1.807) is 30.0 Å². The van der Waals surface area contributed by atoms with Crippen LogP contribution >= 0.6 is 0 Å². The Labute approximate surface area is 177 Å². The third kappa shape index (κ3) is 5.49. The number of nitriles is 2. The summed E-state index contributed by atoms with van der Waals surface area (Å²) < 4.78 is 0. The molecule has 136 valence electrons. The number of benzene rings is 1. The van der Waals surface area contributed by atoms with Crippen LogP contribution in [0.2, 0.25) is 0 Å². The van der Waals surface area contributed by atoms with Gasteiger partial charge in [0, 0.05) is 12.4 Å². The minimum absolute atomic E-state index is 0. The number of aromatic nitrogens is 2. The van der Waals surface area contributed by atoms with Crippen LogP contribution in [0.25, 0.3) is 11.3 Å². The van der Waals surface area contributed by atoms with Gasteiger partial charge < -0.3 is 15.2 Å². The predicted molar refractivity (Wildman–Crippen MR) is 99.9 cm³/mol. The molecule has 28 heavy (non-hydrogen) atoms. The molecule has 2 aromatic heterocycles. The van der Waals surface area contributed by atoms with E-state index in [1.807, 2.05) is 54.6 Å². The van der Waals surface area contributed by atoms with E-state index >= 15 is 0 Å². The van der Waals surface area contributed by atoms with Gasteiger partial charge in [-0.2, -0.15) is 28.9 Å².